The zero-order valence-corrected chi connectivity index (χ0v) is 32.6. The molecule has 0 saturated heterocycles. The van der Waals surface area contributed by atoms with E-state index in [0.717, 1.165) is 38.5 Å². The van der Waals surface area contributed by atoms with E-state index in [1.807, 2.05) is 13.0 Å². The summed E-state index contributed by atoms with van der Waals surface area (Å²) >= 11 is 0. The monoisotopic (exact) mass is 666 g/mol. The number of allylic oxidation sites excluding steroid dienone is 2. The van der Waals surface area contributed by atoms with Crippen molar-refractivity contribution in [2.45, 2.75) is 112 Å². The Morgan fingerprint density at radius 2 is 1.63 bits per heavy atom. The summed E-state index contributed by atoms with van der Waals surface area (Å²) in [5, 5.41) is 33.8. The van der Waals surface area contributed by atoms with Crippen molar-refractivity contribution in [1.29, 1.82) is 0 Å². The molecular formula is C36H55KN2O7. The number of hydrogen-bond acceptors (Lipinski definition) is 7. The van der Waals surface area contributed by atoms with Gasteiger partial charge in [0.25, 0.3) is 0 Å². The van der Waals surface area contributed by atoms with Gasteiger partial charge in [0.05, 0.1) is 31.8 Å². The summed E-state index contributed by atoms with van der Waals surface area (Å²) in [6.07, 6.45) is 9.11. The van der Waals surface area contributed by atoms with E-state index < -0.39 is 23.8 Å². The van der Waals surface area contributed by atoms with Gasteiger partial charge in [-0.1, -0.05) is 54.0 Å². The molecule has 2 amide bonds. The Hall–Kier alpha value is -0.624. The summed E-state index contributed by atoms with van der Waals surface area (Å²) in [4.78, 5) is 53.3. The van der Waals surface area contributed by atoms with Crippen molar-refractivity contribution in [1.82, 2.24) is 10.2 Å². The summed E-state index contributed by atoms with van der Waals surface area (Å²) in [7, 11) is 0. The third kappa shape index (κ3) is 5.85. The van der Waals surface area contributed by atoms with Gasteiger partial charge in [0, 0.05) is 17.9 Å². The number of aliphatic hydroxyl groups excluding tert-OH is 2. The second-order valence-corrected chi connectivity index (χ2v) is 17.2. The summed E-state index contributed by atoms with van der Waals surface area (Å²) in [5.41, 5.74) is -0.564. The molecule has 10 heteroatoms. The van der Waals surface area contributed by atoms with Crippen LogP contribution in [0.4, 0.5) is 0 Å². The van der Waals surface area contributed by atoms with E-state index in [2.05, 4.69) is 46.9 Å². The summed E-state index contributed by atoms with van der Waals surface area (Å²) in [6.45, 7) is 14.3. The zero-order chi connectivity index (χ0) is 33.4. The topological polar surface area (TPSA) is 147 Å². The predicted octanol–water partition coefficient (Wildman–Crippen LogP) is 0.0190. The second kappa shape index (κ2) is 12.9. The van der Waals surface area contributed by atoms with Crippen LogP contribution in [-0.2, 0) is 19.2 Å². The van der Waals surface area contributed by atoms with E-state index in [4.69, 9.17) is 0 Å². The molecule has 0 bridgehead atoms. The van der Waals surface area contributed by atoms with Gasteiger partial charge < -0.3 is 30.3 Å². The van der Waals surface area contributed by atoms with Crippen molar-refractivity contribution in [2.24, 2.45) is 50.2 Å². The normalized spacial score (nSPS) is 42.5. The Balaban J connectivity index is 0.00000480. The van der Waals surface area contributed by atoms with Crippen LogP contribution in [0.2, 0.25) is 0 Å². The third-order valence-electron chi connectivity index (χ3n) is 14.5. The summed E-state index contributed by atoms with van der Waals surface area (Å²) in [5.74, 6) is -1.88. The fourth-order valence-corrected chi connectivity index (χ4v) is 11.5. The SMILES string of the molecule is CC1(C)[C@@H](O)CC[C@]2(C)[C@H]3C(=O)C=C4[C@@H]5C[C@@](C)(C(=O)N(CCO)CC(=O)NCC(=O)[O-])CC[C@]5(C)CC[C@@]4(C)[C@]3(C)CC[C@@H]12.[K+]. The van der Waals surface area contributed by atoms with Crippen molar-refractivity contribution in [2.75, 3.05) is 26.2 Å². The number of nitrogens with zero attached hydrogens (tertiary/aromatic N) is 1. The van der Waals surface area contributed by atoms with Gasteiger partial charge in [-0.15, -0.1) is 0 Å². The minimum Gasteiger partial charge on any atom is -0.548 e. The van der Waals surface area contributed by atoms with Gasteiger partial charge in [-0.05, 0) is 103 Å². The average Bonchev–Trinajstić information content (AvgIpc) is 2.95. The standard InChI is InChI=1S/C36H56N2O7.K/c1-31(2)25-8-11-36(7)29(34(25,5)10-9-26(31)41)24(40)18-22-23-19-33(4,13-12-32(23,3)14-15-35(22,36)6)30(45)38(16-17-39)21-27(42)37-20-28(43)44;/h18,23,25-26,29,39,41H,8-17,19-21H2,1-7H3,(H,37,42)(H,43,44);/q;+1/p-1/t23-,25-,26-,29+,32+,33-,34-,35+,36+;/m0./s1. The van der Waals surface area contributed by atoms with E-state index >= 15 is 0 Å². The fraction of sp³-hybridized carbons (Fsp3) is 0.833. The molecule has 0 aromatic carbocycles. The first-order valence-corrected chi connectivity index (χ1v) is 17.1. The first-order valence-electron chi connectivity index (χ1n) is 17.1. The van der Waals surface area contributed by atoms with Gasteiger partial charge >= 0.3 is 51.4 Å². The largest absolute Gasteiger partial charge is 1.00 e. The van der Waals surface area contributed by atoms with Gasteiger partial charge in [-0.3, -0.25) is 14.4 Å². The van der Waals surface area contributed by atoms with E-state index in [9.17, 15) is 34.5 Å². The van der Waals surface area contributed by atoms with Crippen LogP contribution in [0, 0.1) is 50.2 Å². The Morgan fingerprint density at radius 1 is 0.978 bits per heavy atom. The molecule has 5 aliphatic rings. The van der Waals surface area contributed by atoms with Gasteiger partial charge in [0.1, 0.15) is 0 Å². The first kappa shape index (κ1) is 38.2. The molecule has 3 N–H and O–H groups in total. The molecular weight excluding hydrogens is 612 g/mol. The smallest absolute Gasteiger partial charge is 0.548 e. The van der Waals surface area contributed by atoms with E-state index in [-0.39, 0.29) is 134 Å². The number of hydrogen-bond donors (Lipinski definition) is 3. The number of carboxylic acids is 1. The number of fused-ring (bicyclic) bond motifs is 7. The average molecular weight is 667 g/mol. The number of carboxylic acid groups (broad SMARTS) is 1. The maximum Gasteiger partial charge on any atom is 1.00 e. The van der Waals surface area contributed by atoms with Gasteiger partial charge in [0.15, 0.2) is 5.78 Å². The Morgan fingerprint density at radius 3 is 2.26 bits per heavy atom. The summed E-state index contributed by atoms with van der Waals surface area (Å²) < 4.78 is 0. The van der Waals surface area contributed by atoms with Crippen LogP contribution in [0.25, 0.3) is 0 Å². The molecule has 0 aliphatic heterocycles. The van der Waals surface area contributed by atoms with Crippen LogP contribution in [0.3, 0.4) is 0 Å². The quantitative estimate of drug-likeness (QED) is 0.325. The molecule has 0 heterocycles. The molecule has 5 aliphatic carbocycles. The molecule has 0 unspecified atom stereocenters. The van der Waals surface area contributed by atoms with Crippen molar-refractivity contribution >= 4 is 23.6 Å². The molecule has 4 fully saturated rings. The van der Waals surface area contributed by atoms with E-state index in [0.29, 0.717) is 19.3 Å². The number of amides is 2. The van der Waals surface area contributed by atoms with E-state index in [1.54, 1.807) is 0 Å². The number of aliphatic carboxylic acids is 1. The molecule has 5 rings (SSSR count). The Kier molecular flexibility index (Phi) is 10.7. The number of rotatable bonds is 7. The van der Waals surface area contributed by atoms with Crippen LogP contribution in [0.1, 0.15) is 106 Å². The summed E-state index contributed by atoms with van der Waals surface area (Å²) in [6, 6.07) is 0. The molecule has 46 heavy (non-hydrogen) atoms. The van der Waals surface area contributed by atoms with Gasteiger partial charge in [-0.25, -0.2) is 0 Å². The Labute approximate surface area is 317 Å². The molecule has 9 atom stereocenters. The van der Waals surface area contributed by atoms with Crippen molar-refractivity contribution in [3.63, 3.8) is 0 Å². The minimum absolute atomic E-state index is 0. The third-order valence-corrected chi connectivity index (χ3v) is 14.5. The van der Waals surface area contributed by atoms with E-state index in [1.165, 1.54) is 10.5 Å². The molecule has 4 saturated carbocycles. The predicted molar refractivity (Wildman–Crippen MR) is 167 cm³/mol. The molecule has 0 aromatic rings. The van der Waals surface area contributed by atoms with Crippen LogP contribution in [0.15, 0.2) is 11.6 Å². The second-order valence-electron chi connectivity index (χ2n) is 17.2. The molecule has 0 radical (unpaired) electrons. The number of nitrogens with one attached hydrogen (secondary N) is 1. The molecule has 252 valence electrons. The maximum atomic E-state index is 14.5. The maximum absolute atomic E-state index is 14.5. The number of carbonyl (C=O) groups excluding carboxylic acids is 4. The first-order chi connectivity index (χ1) is 20.8. The van der Waals surface area contributed by atoms with Crippen LogP contribution >= 0.6 is 0 Å². The van der Waals surface area contributed by atoms with Crippen molar-refractivity contribution < 1.29 is 85.9 Å². The zero-order valence-electron chi connectivity index (χ0n) is 29.5. The van der Waals surface area contributed by atoms with Gasteiger partial charge in [-0.2, -0.15) is 0 Å². The molecule has 0 spiro atoms. The fourth-order valence-electron chi connectivity index (χ4n) is 11.5. The minimum atomic E-state index is -1.42. The number of aliphatic hydroxyl groups is 2. The van der Waals surface area contributed by atoms with Crippen molar-refractivity contribution in [3.8, 4) is 0 Å². The van der Waals surface area contributed by atoms with Crippen LogP contribution < -0.4 is 61.8 Å². The Bertz CT molecular complexity index is 1300. The van der Waals surface area contributed by atoms with Crippen LogP contribution in [-0.4, -0.2) is 71.0 Å². The number of ketones is 1. The molecule has 0 aromatic heterocycles. The number of carbonyl (C=O) groups is 4. The van der Waals surface area contributed by atoms with Crippen LogP contribution in [0.5, 0.6) is 0 Å². The van der Waals surface area contributed by atoms with Crippen molar-refractivity contribution in [3.05, 3.63) is 11.6 Å². The molecule has 9 nitrogen and oxygen atoms in total. The van der Waals surface area contributed by atoms with Gasteiger partial charge in [0.2, 0.25) is 11.8 Å².